The second-order valence-electron chi connectivity index (χ2n) is 8.77. The van der Waals surface area contributed by atoms with Gasteiger partial charge in [-0.05, 0) is 54.5 Å². The van der Waals surface area contributed by atoms with Crippen molar-refractivity contribution >= 4 is 11.6 Å². The number of nitrogens with one attached hydrogen (secondary N) is 1. The van der Waals surface area contributed by atoms with Gasteiger partial charge in [-0.2, -0.15) is 0 Å². The van der Waals surface area contributed by atoms with Crippen molar-refractivity contribution in [2.24, 2.45) is 11.7 Å². The number of aromatic nitrogens is 2. The summed E-state index contributed by atoms with van der Waals surface area (Å²) in [5.74, 6) is -4.34. The van der Waals surface area contributed by atoms with Crippen LogP contribution in [0.5, 0.6) is 0 Å². The van der Waals surface area contributed by atoms with E-state index in [0.29, 0.717) is 18.5 Å². The first-order valence-electron chi connectivity index (χ1n) is 11.1. The highest BCUT2D eigenvalue weighted by Gasteiger charge is 2.34. The summed E-state index contributed by atoms with van der Waals surface area (Å²) in [6, 6.07) is 5.00. The molecule has 1 amide bonds. The van der Waals surface area contributed by atoms with Crippen LogP contribution in [0, 0.1) is 23.4 Å². The molecule has 0 bridgehead atoms. The van der Waals surface area contributed by atoms with E-state index in [0.717, 1.165) is 29.8 Å². The van der Waals surface area contributed by atoms with Crippen molar-refractivity contribution in [3.05, 3.63) is 77.0 Å². The number of carbonyl (C=O) groups excluding carboxylic acids is 1. The minimum Gasteiger partial charge on any atom is -0.391 e. The predicted octanol–water partition coefficient (Wildman–Crippen LogP) is 4.79. The fourth-order valence-electron chi connectivity index (χ4n) is 4.54. The smallest absolute Gasteiger partial charge is 0.274 e. The maximum absolute atomic E-state index is 14.6. The largest absolute Gasteiger partial charge is 0.391 e. The van der Waals surface area contributed by atoms with Crippen LogP contribution in [0.15, 0.2) is 42.7 Å². The average Bonchev–Trinajstić information content (AvgIpc) is 2.83. The molecular weight excluding hydrogens is 502 g/mol. The number of alkyl halides is 1. The summed E-state index contributed by atoms with van der Waals surface area (Å²) >= 11 is 0. The number of aliphatic hydroxyl groups is 1. The molecule has 0 aliphatic heterocycles. The van der Waals surface area contributed by atoms with Crippen LogP contribution in [0.1, 0.15) is 47.3 Å². The van der Waals surface area contributed by atoms with Crippen LogP contribution in [-0.4, -0.2) is 33.1 Å². The van der Waals surface area contributed by atoms with E-state index in [-0.39, 0.29) is 26.9 Å². The molecular formula is C25H26F6N4O2. The number of pyridine rings is 2. The Labute approximate surface area is 208 Å². The normalized spacial score (nSPS) is 20.9. The van der Waals surface area contributed by atoms with Gasteiger partial charge >= 0.3 is 0 Å². The van der Waals surface area contributed by atoms with E-state index in [1.54, 1.807) is 12.3 Å². The van der Waals surface area contributed by atoms with E-state index in [4.69, 9.17) is 5.73 Å². The van der Waals surface area contributed by atoms with Gasteiger partial charge in [0.05, 0.1) is 23.6 Å². The molecule has 0 unspecified atom stereocenters. The van der Waals surface area contributed by atoms with E-state index in [9.17, 15) is 27.5 Å². The van der Waals surface area contributed by atoms with Gasteiger partial charge in [0.25, 0.3) is 5.91 Å². The summed E-state index contributed by atoms with van der Waals surface area (Å²) in [6.07, 6.45) is 3.54. The van der Waals surface area contributed by atoms with Crippen LogP contribution in [-0.2, 0) is 6.67 Å². The zero-order chi connectivity index (χ0) is 25.3. The third kappa shape index (κ3) is 5.91. The fourth-order valence-corrected chi connectivity index (χ4v) is 4.54. The van der Waals surface area contributed by atoms with Gasteiger partial charge in [0.15, 0.2) is 0 Å². The van der Waals surface area contributed by atoms with Crippen LogP contribution >= 0.6 is 0 Å². The molecule has 6 nitrogen and oxygen atoms in total. The number of nitrogens with two attached hydrogens (primary N) is 1. The Morgan fingerprint density at radius 3 is 2.49 bits per heavy atom. The van der Waals surface area contributed by atoms with E-state index in [2.05, 4.69) is 15.3 Å². The van der Waals surface area contributed by atoms with Gasteiger partial charge in [-0.15, -0.1) is 0 Å². The van der Waals surface area contributed by atoms with Crippen LogP contribution in [0.4, 0.5) is 32.7 Å². The lowest BCUT2D eigenvalue weighted by Crippen LogP contribution is -2.44. The van der Waals surface area contributed by atoms with E-state index >= 15 is 0 Å². The molecule has 2 heterocycles. The Bertz CT molecular complexity index is 1250. The number of anilines is 1. The van der Waals surface area contributed by atoms with Crippen molar-refractivity contribution in [2.45, 2.75) is 44.5 Å². The van der Waals surface area contributed by atoms with Gasteiger partial charge < -0.3 is 16.2 Å². The number of hydrogen-bond acceptors (Lipinski definition) is 5. The summed E-state index contributed by atoms with van der Waals surface area (Å²) < 4.78 is 56.5. The molecule has 2 aromatic heterocycles. The molecule has 37 heavy (non-hydrogen) atoms. The Balaban J connectivity index is 0.00000241. The topological polar surface area (TPSA) is 101 Å². The van der Waals surface area contributed by atoms with Crippen molar-refractivity contribution in [1.29, 1.82) is 0 Å². The summed E-state index contributed by atoms with van der Waals surface area (Å²) in [6.45, 7) is 0.682. The summed E-state index contributed by atoms with van der Waals surface area (Å²) in [4.78, 5) is 20.9. The first kappa shape index (κ1) is 29.7. The highest BCUT2D eigenvalue weighted by atomic mass is 19.1. The maximum Gasteiger partial charge on any atom is 0.274 e. The summed E-state index contributed by atoms with van der Waals surface area (Å²) in [5.41, 5.74) is 4.88. The Hall–Kier alpha value is -3.51. The lowest BCUT2D eigenvalue weighted by Gasteiger charge is -2.36. The lowest BCUT2D eigenvalue weighted by atomic mass is 9.74. The van der Waals surface area contributed by atoms with Crippen LogP contribution in [0.25, 0.3) is 11.3 Å². The number of aliphatic hydroxyl groups excluding tert-OH is 1. The number of amides is 1. The number of carbonyl (C=O) groups is 1. The van der Waals surface area contributed by atoms with Crippen molar-refractivity contribution in [2.75, 3.05) is 5.32 Å². The molecule has 0 radical (unpaired) electrons. The zero-order valence-electron chi connectivity index (χ0n) is 19.6. The van der Waals surface area contributed by atoms with Gasteiger partial charge in [-0.3, -0.25) is 19.2 Å². The van der Waals surface area contributed by atoms with Gasteiger partial charge in [0.2, 0.25) is 0 Å². The van der Waals surface area contributed by atoms with E-state index < -0.39 is 59.0 Å². The first-order valence-corrected chi connectivity index (χ1v) is 11.1. The van der Waals surface area contributed by atoms with Gasteiger partial charge in [0, 0.05) is 17.8 Å². The molecule has 1 fully saturated rings. The zero-order valence-corrected chi connectivity index (χ0v) is 19.6. The molecule has 1 aromatic carbocycles. The second-order valence-corrected chi connectivity index (χ2v) is 8.77. The van der Waals surface area contributed by atoms with Crippen LogP contribution in [0.2, 0.25) is 0 Å². The number of nitrogens with zero attached hydrogens (tertiary/aromatic N) is 2. The number of rotatable bonds is 5. The van der Waals surface area contributed by atoms with Crippen LogP contribution in [0.3, 0.4) is 0 Å². The second kappa shape index (κ2) is 12.2. The van der Waals surface area contributed by atoms with Crippen molar-refractivity contribution in [3.8, 4) is 11.3 Å². The maximum atomic E-state index is 14.6. The quantitative estimate of drug-likeness (QED) is 0.414. The fraction of sp³-hybridized carbons (Fsp3) is 0.320. The predicted molar refractivity (Wildman–Crippen MR) is 127 cm³/mol. The molecule has 1 saturated carbocycles. The molecule has 4 N–H and O–H groups in total. The Kier molecular flexibility index (Phi) is 9.76. The minimum absolute atomic E-state index is 0. The number of halogens is 6. The van der Waals surface area contributed by atoms with Gasteiger partial charge in [-0.1, -0.05) is 13.0 Å². The minimum atomic E-state index is -1.28. The standard InChI is InChI=1S/C25H24F4N4O2.2FH/c1-12-8-14(9-18(30)24(12)34)15-6-7-31-11-20(15)33-25(35)19-5-4-17(28)23(32-19)21-16(27)3-2-13(10-26)22(21)29;;/h2-7,11-12,14,18,24,34H,8-10,30H2,1H3,(H,33,35);2*1H/t12-,14+,18+,24+;;/m0../s1. The molecule has 1 aliphatic carbocycles. The highest BCUT2D eigenvalue weighted by Crippen LogP contribution is 2.38. The molecule has 4 rings (SSSR count). The highest BCUT2D eigenvalue weighted by molar-refractivity contribution is 6.03. The van der Waals surface area contributed by atoms with Crippen molar-refractivity contribution in [3.63, 3.8) is 0 Å². The molecule has 1 aliphatic rings. The SMILES string of the molecule is C[C@H]1C[C@@H](c2ccncc2NC(=O)c2ccc(F)c(-c3c(F)ccc(CF)c3F)n2)C[C@@H](N)[C@@H]1O.F.F. The molecule has 0 saturated heterocycles. The number of hydrogen-bond donors (Lipinski definition) is 3. The number of benzene rings is 1. The van der Waals surface area contributed by atoms with Gasteiger partial charge in [-0.25, -0.2) is 22.5 Å². The first-order chi connectivity index (χ1) is 16.7. The molecule has 0 spiro atoms. The lowest BCUT2D eigenvalue weighted by molar-refractivity contribution is 0.0521. The van der Waals surface area contributed by atoms with E-state index in [1.165, 1.54) is 6.20 Å². The third-order valence-corrected chi connectivity index (χ3v) is 6.41. The van der Waals surface area contributed by atoms with Crippen molar-refractivity contribution in [1.82, 2.24) is 9.97 Å². The summed E-state index contributed by atoms with van der Waals surface area (Å²) in [5, 5.41) is 12.8. The Morgan fingerprint density at radius 1 is 1.11 bits per heavy atom. The summed E-state index contributed by atoms with van der Waals surface area (Å²) in [7, 11) is 0. The monoisotopic (exact) mass is 528 g/mol. The van der Waals surface area contributed by atoms with Crippen molar-refractivity contribution < 1.29 is 36.9 Å². The van der Waals surface area contributed by atoms with E-state index in [1.807, 2.05) is 6.92 Å². The third-order valence-electron chi connectivity index (χ3n) is 6.41. The molecule has 12 heteroatoms. The Morgan fingerprint density at radius 2 is 1.81 bits per heavy atom. The van der Waals surface area contributed by atoms with Gasteiger partial charge in [0.1, 0.15) is 35.5 Å². The molecule has 200 valence electrons. The molecule has 4 atom stereocenters. The average molecular weight is 528 g/mol. The van der Waals surface area contributed by atoms with Crippen LogP contribution < -0.4 is 11.1 Å². The molecule has 3 aromatic rings.